The van der Waals surface area contributed by atoms with Crippen molar-refractivity contribution in [2.45, 2.75) is 64.7 Å². The van der Waals surface area contributed by atoms with Crippen molar-refractivity contribution < 1.29 is 14.4 Å². The van der Waals surface area contributed by atoms with Crippen LogP contribution in [0.4, 0.5) is 0 Å². The Morgan fingerprint density at radius 1 is 1.09 bits per heavy atom. The van der Waals surface area contributed by atoms with E-state index in [0.717, 1.165) is 16.8 Å². The number of nitrogens with zero attached hydrogens (tertiary/aromatic N) is 3. The zero-order valence-electron chi connectivity index (χ0n) is 19.1. The standard InChI is InChI=1S/C25H32N4O3/c1-18(2)28-12-6-8-21(28)16-26-23(31)15-25(10-13-27(14-11-25)19(3)30)29-17-20-7-4-5-9-22(20)24(29)32/h4-9,12,18H,10-11,13-17H2,1-3H3,(H,26,31). The minimum Gasteiger partial charge on any atom is -0.350 e. The topological polar surface area (TPSA) is 74.7 Å². The first-order valence-electron chi connectivity index (χ1n) is 11.4. The Kier molecular flexibility index (Phi) is 6.09. The van der Waals surface area contributed by atoms with Gasteiger partial charge in [0.1, 0.15) is 0 Å². The Morgan fingerprint density at radius 2 is 1.81 bits per heavy atom. The highest BCUT2D eigenvalue weighted by atomic mass is 16.2. The number of rotatable bonds is 6. The maximum absolute atomic E-state index is 13.3. The summed E-state index contributed by atoms with van der Waals surface area (Å²) in [4.78, 5) is 41.9. The van der Waals surface area contributed by atoms with Crippen molar-refractivity contribution in [3.63, 3.8) is 0 Å². The molecule has 0 spiro atoms. The predicted molar refractivity (Wildman–Crippen MR) is 122 cm³/mol. The molecule has 2 aliphatic heterocycles. The number of hydrogen-bond acceptors (Lipinski definition) is 3. The van der Waals surface area contributed by atoms with Crippen LogP contribution in [0.3, 0.4) is 0 Å². The van der Waals surface area contributed by atoms with E-state index in [1.54, 1.807) is 11.8 Å². The van der Waals surface area contributed by atoms with Crippen LogP contribution in [0.2, 0.25) is 0 Å². The Hall–Kier alpha value is -3.09. The summed E-state index contributed by atoms with van der Waals surface area (Å²) in [7, 11) is 0. The third kappa shape index (κ3) is 4.16. The molecule has 0 aliphatic carbocycles. The van der Waals surface area contributed by atoms with Crippen LogP contribution in [0.25, 0.3) is 0 Å². The molecule has 0 saturated carbocycles. The summed E-state index contributed by atoms with van der Waals surface area (Å²) in [5, 5.41) is 3.07. The van der Waals surface area contributed by atoms with E-state index in [1.807, 2.05) is 47.5 Å². The van der Waals surface area contributed by atoms with Crippen LogP contribution in [0.15, 0.2) is 42.6 Å². The lowest BCUT2D eigenvalue weighted by molar-refractivity contribution is -0.132. The van der Waals surface area contributed by atoms with Gasteiger partial charge >= 0.3 is 0 Å². The number of hydrogen-bond donors (Lipinski definition) is 1. The molecular weight excluding hydrogens is 404 g/mol. The second-order valence-corrected chi connectivity index (χ2v) is 9.23. The van der Waals surface area contributed by atoms with Gasteiger partial charge in [-0.05, 0) is 50.5 Å². The SMILES string of the molecule is CC(=O)N1CCC(CC(=O)NCc2cccn2C(C)C)(N2Cc3ccccc3C2=O)CC1. The average molecular weight is 437 g/mol. The molecule has 7 nitrogen and oxygen atoms in total. The summed E-state index contributed by atoms with van der Waals surface area (Å²) in [6.45, 7) is 7.87. The Bertz CT molecular complexity index is 1020. The number of fused-ring (bicyclic) bond motifs is 1. The van der Waals surface area contributed by atoms with E-state index in [-0.39, 0.29) is 24.1 Å². The highest BCUT2D eigenvalue weighted by Gasteiger charge is 2.47. The monoisotopic (exact) mass is 436 g/mol. The summed E-state index contributed by atoms with van der Waals surface area (Å²) in [6.07, 6.45) is 3.45. The minimum atomic E-state index is -0.591. The van der Waals surface area contributed by atoms with E-state index in [0.29, 0.717) is 45.1 Å². The van der Waals surface area contributed by atoms with Gasteiger partial charge in [0, 0.05) is 50.1 Å². The maximum Gasteiger partial charge on any atom is 0.254 e. The van der Waals surface area contributed by atoms with Crippen molar-refractivity contribution in [2.24, 2.45) is 0 Å². The van der Waals surface area contributed by atoms with E-state index in [1.165, 1.54) is 0 Å². The number of carbonyl (C=O) groups is 3. The van der Waals surface area contributed by atoms with Gasteiger partial charge < -0.3 is 19.7 Å². The van der Waals surface area contributed by atoms with Crippen molar-refractivity contribution in [2.75, 3.05) is 13.1 Å². The highest BCUT2D eigenvalue weighted by Crippen LogP contribution is 2.38. The molecule has 4 rings (SSSR count). The zero-order valence-corrected chi connectivity index (χ0v) is 19.1. The Balaban J connectivity index is 1.51. The molecule has 170 valence electrons. The molecular formula is C25H32N4O3. The fourth-order valence-electron chi connectivity index (χ4n) is 5.05. The molecule has 3 amide bonds. The van der Waals surface area contributed by atoms with Gasteiger partial charge in [0.2, 0.25) is 11.8 Å². The van der Waals surface area contributed by atoms with Crippen molar-refractivity contribution in [1.29, 1.82) is 0 Å². The summed E-state index contributed by atoms with van der Waals surface area (Å²) in [5.74, 6) is -0.0478. The van der Waals surface area contributed by atoms with Crippen LogP contribution in [-0.4, -0.2) is 50.7 Å². The van der Waals surface area contributed by atoms with E-state index >= 15 is 0 Å². The van der Waals surface area contributed by atoms with Crippen LogP contribution in [0.1, 0.15) is 67.7 Å². The summed E-state index contributed by atoms with van der Waals surface area (Å²) < 4.78 is 2.14. The molecule has 0 atom stereocenters. The Labute approximate surface area is 189 Å². The molecule has 0 radical (unpaired) electrons. The second kappa shape index (κ2) is 8.81. The van der Waals surface area contributed by atoms with E-state index in [2.05, 4.69) is 23.7 Å². The van der Waals surface area contributed by atoms with E-state index < -0.39 is 5.54 Å². The Morgan fingerprint density at radius 3 is 2.47 bits per heavy atom. The minimum absolute atomic E-state index is 0.0154. The third-order valence-corrected chi connectivity index (χ3v) is 6.91. The fraction of sp³-hybridized carbons (Fsp3) is 0.480. The number of carbonyl (C=O) groups excluding carboxylic acids is 3. The molecule has 1 saturated heterocycles. The second-order valence-electron chi connectivity index (χ2n) is 9.23. The lowest BCUT2D eigenvalue weighted by atomic mass is 9.82. The van der Waals surface area contributed by atoms with Gasteiger partial charge in [-0.15, -0.1) is 0 Å². The van der Waals surface area contributed by atoms with Gasteiger partial charge in [0.05, 0.1) is 18.5 Å². The van der Waals surface area contributed by atoms with Crippen molar-refractivity contribution in [1.82, 2.24) is 19.7 Å². The van der Waals surface area contributed by atoms with Gasteiger partial charge in [0.25, 0.3) is 5.91 Å². The molecule has 0 unspecified atom stereocenters. The van der Waals surface area contributed by atoms with Crippen LogP contribution in [0.5, 0.6) is 0 Å². The van der Waals surface area contributed by atoms with Crippen molar-refractivity contribution in [3.8, 4) is 0 Å². The maximum atomic E-state index is 13.3. The normalized spacial score (nSPS) is 17.6. The molecule has 0 bridgehead atoms. The largest absolute Gasteiger partial charge is 0.350 e. The third-order valence-electron chi connectivity index (χ3n) is 6.91. The number of likely N-dealkylation sites (tertiary alicyclic amines) is 1. The molecule has 7 heteroatoms. The zero-order chi connectivity index (χ0) is 22.9. The van der Waals surface area contributed by atoms with Gasteiger partial charge in [-0.25, -0.2) is 0 Å². The molecule has 2 aliphatic rings. The molecule has 1 aromatic heterocycles. The van der Waals surface area contributed by atoms with Gasteiger partial charge in [0.15, 0.2) is 0 Å². The van der Waals surface area contributed by atoms with Gasteiger partial charge in [-0.3, -0.25) is 14.4 Å². The molecule has 1 aromatic carbocycles. The number of nitrogens with one attached hydrogen (secondary N) is 1. The molecule has 1 N–H and O–H groups in total. The van der Waals surface area contributed by atoms with Gasteiger partial charge in [-0.1, -0.05) is 18.2 Å². The van der Waals surface area contributed by atoms with E-state index in [4.69, 9.17) is 0 Å². The van der Waals surface area contributed by atoms with Crippen LogP contribution < -0.4 is 5.32 Å². The van der Waals surface area contributed by atoms with Crippen LogP contribution >= 0.6 is 0 Å². The first kappa shape index (κ1) is 22.1. The van der Waals surface area contributed by atoms with Crippen LogP contribution in [-0.2, 0) is 22.7 Å². The smallest absolute Gasteiger partial charge is 0.254 e. The lowest BCUT2D eigenvalue weighted by Crippen LogP contribution is -2.57. The molecule has 1 fully saturated rings. The first-order chi connectivity index (χ1) is 15.3. The van der Waals surface area contributed by atoms with E-state index in [9.17, 15) is 14.4 Å². The predicted octanol–water partition coefficient (Wildman–Crippen LogP) is 3.11. The number of amides is 3. The molecule has 2 aromatic rings. The first-order valence-corrected chi connectivity index (χ1v) is 11.4. The summed E-state index contributed by atoms with van der Waals surface area (Å²) >= 11 is 0. The van der Waals surface area contributed by atoms with Crippen molar-refractivity contribution in [3.05, 3.63) is 59.4 Å². The van der Waals surface area contributed by atoms with Gasteiger partial charge in [-0.2, -0.15) is 0 Å². The molecule has 32 heavy (non-hydrogen) atoms. The summed E-state index contributed by atoms with van der Waals surface area (Å²) in [6, 6.07) is 12.0. The molecule has 3 heterocycles. The van der Waals surface area contributed by atoms with Crippen LogP contribution in [0, 0.1) is 0 Å². The summed E-state index contributed by atoms with van der Waals surface area (Å²) in [5.41, 5.74) is 2.18. The number of benzene rings is 1. The van der Waals surface area contributed by atoms with Crippen molar-refractivity contribution >= 4 is 17.7 Å². The number of aromatic nitrogens is 1. The quantitative estimate of drug-likeness (QED) is 0.756. The highest BCUT2D eigenvalue weighted by molar-refractivity contribution is 5.99. The average Bonchev–Trinajstić information content (AvgIpc) is 3.38. The number of piperidine rings is 1. The fourth-order valence-corrected chi connectivity index (χ4v) is 5.05. The lowest BCUT2D eigenvalue weighted by Gasteiger charge is -2.47.